The maximum Gasteiger partial charge on any atom is 0.0795 e. The van der Waals surface area contributed by atoms with Crippen LogP contribution in [0.4, 0.5) is 0 Å². The number of hydrogen-bond donors (Lipinski definition) is 2. The Balaban J connectivity index is 2.73. The van der Waals surface area contributed by atoms with Crippen LogP contribution in [0.25, 0.3) is 0 Å². The lowest BCUT2D eigenvalue weighted by atomic mass is 10.3. The molecule has 0 aliphatic heterocycles. The van der Waals surface area contributed by atoms with E-state index in [1.165, 1.54) is 0 Å². The summed E-state index contributed by atoms with van der Waals surface area (Å²) in [5.74, 6) is 5.23. The van der Waals surface area contributed by atoms with Gasteiger partial charge < -0.3 is 0 Å². The largest absolute Gasteiger partial charge is 0.271 e. The fourth-order valence-electron chi connectivity index (χ4n) is 0.646. The van der Waals surface area contributed by atoms with Gasteiger partial charge in [0, 0.05) is 11.1 Å². The van der Waals surface area contributed by atoms with Gasteiger partial charge in [0.2, 0.25) is 0 Å². The van der Waals surface area contributed by atoms with Gasteiger partial charge in [-0.25, -0.2) is 5.43 Å². The van der Waals surface area contributed by atoms with Crippen LogP contribution in [-0.4, -0.2) is 4.98 Å². The summed E-state index contributed by atoms with van der Waals surface area (Å²) in [5, 5.41) is 0. The Bertz CT molecular complexity index is 195. The molecule has 0 fully saturated rings. The third-order valence-electron chi connectivity index (χ3n) is 1.17. The molecule has 1 unspecified atom stereocenters. The predicted octanol–water partition coefficient (Wildman–Crippen LogP) is 0.833. The highest BCUT2D eigenvalue weighted by atomic mass is 32.1. The summed E-state index contributed by atoms with van der Waals surface area (Å²) in [6.45, 7) is 3.62. The van der Waals surface area contributed by atoms with Crippen molar-refractivity contribution < 1.29 is 0 Å². The van der Waals surface area contributed by atoms with Crippen LogP contribution in [0.1, 0.15) is 10.9 Å². The number of hydrazine groups is 1. The Hall–Kier alpha value is -0.710. The molecule has 0 saturated carbocycles. The van der Waals surface area contributed by atoms with E-state index in [1.54, 1.807) is 29.1 Å². The van der Waals surface area contributed by atoms with Gasteiger partial charge in [-0.1, -0.05) is 6.08 Å². The van der Waals surface area contributed by atoms with Gasteiger partial charge in [-0.15, -0.1) is 17.9 Å². The van der Waals surface area contributed by atoms with Gasteiger partial charge in [-0.05, 0) is 0 Å². The van der Waals surface area contributed by atoms with Crippen molar-refractivity contribution in [2.75, 3.05) is 0 Å². The summed E-state index contributed by atoms with van der Waals surface area (Å²) in [6, 6.07) is 0.0347. The second-order valence-electron chi connectivity index (χ2n) is 1.78. The average Bonchev–Trinajstić information content (AvgIpc) is 2.43. The molecule has 3 N–H and O–H groups in total. The SMILES string of the molecule is C=CC(NN)c1cncs1. The van der Waals surface area contributed by atoms with E-state index in [-0.39, 0.29) is 6.04 Å². The van der Waals surface area contributed by atoms with Gasteiger partial charge in [0.15, 0.2) is 0 Å². The van der Waals surface area contributed by atoms with Crippen molar-refractivity contribution in [1.29, 1.82) is 0 Å². The van der Waals surface area contributed by atoms with Crippen LogP contribution in [0, 0.1) is 0 Å². The lowest BCUT2D eigenvalue weighted by Gasteiger charge is -2.05. The van der Waals surface area contributed by atoms with Crippen LogP contribution in [-0.2, 0) is 0 Å². The monoisotopic (exact) mass is 155 g/mol. The van der Waals surface area contributed by atoms with Crippen molar-refractivity contribution in [3.8, 4) is 0 Å². The summed E-state index contributed by atoms with van der Waals surface area (Å²) < 4.78 is 0. The molecule has 4 heteroatoms. The van der Waals surface area contributed by atoms with Gasteiger partial charge in [-0.3, -0.25) is 10.8 Å². The van der Waals surface area contributed by atoms with Crippen molar-refractivity contribution in [3.63, 3.8) is 0 Å². The van der Waals surface area contributed by atoms with Crippen LogP contribution >= 0.6 is 11.3 Å². The third-order valence-corrected chi connectivity index (χ3v) is 2.03. The minimum atomic E-state index is 0.0347. The zero-order valence-corrected chi connectivity index (χ0v) is 6.27. The summed E-state index contributed by atoms with van der Waals surface area (Å²) >= 11 is 1.56. The first-order chi connectivity index (χ1) is 4.88. The fraction of sp³-hybridized carbons (Fsp3) is 0.167. The highest BCUT2D eigenvalue weighted by molar-refractivity contribution is 7.09. The van der Waals surface area contributed by atoms with Crippen molar-refractivity contribution in [2.45, 2.75) is 6.04 Å². The van der Waals surface area contributed by atoms with Crippen LogP contribution < -0.4 is 11.3 Å². The van der Waals surface area contributed by atoms with E-state index in [2.05, 4.69) is 17.0 Å². The minimum absolute atomic E-state index is 0.0347. The second kappa shape index (κ2) is 3.46. The molecular formula is C6H9N3S. The molecule has 1 rings (SSSR count). The topological polar surface area (TPSA) is 50.9 Å². The summed E-state index contributed by atoms with van der Waals surface area (Å²) in [4.78, 5) is 5.00. The van der Waals surface area contributed by atoms with Gasteiger partial charge in [0.1, 0.15) is 0 Å². The predicted molar refractivity (Wildman–Crippen MR) is 42.4 cm³/mol. The summed E-state index contributed by atoms with van der Waals surface area (Å²) in [7, 11) is 0. The molecule has 3 nitrogen and oxygen atoms in total. The number of thiazole rings is 1. The van der Waals surface area contributed by atoms with E-state index < -0.39 is 0 Å². The Morgan fingerprint density at radius 2 is 2.70 bits per heavy atom. The first kappa shape index (κ1) is 7.40. The van der Waals surface area contributed by atoms with E-state index in [0.29, 0.717) is 0 Å². The number of nitrogens with zero attached hydrogens (tertiary/aromatic N) is 1. The Morgan fingerprint density at radius 1 is 1.90 bits per heavy atom. The summed E-state index contributed by atoms with van der Waals surface area (Å²) in [6.07, 6.45) is 3.52. The molecule has 0 amide bonds. The van der Waals surface area contributed by atoms with Gasteiger partial charge >= 0.3 is 0 Å². The quantitative estimate of drug-likeness (QED) is 0.386. The van der Waals surface area contributed by atoms with Crippen molar-refractivity contribution >= 4 is 11.3 Å². The van der Waals surface area contributed by atoms with E-state index in [9.17, 15) is 0 Å². The standard InChI is InChI=1S/C6H9N3S/c1-2-5(9-7)6-3-8-4-10-6/h2-5,9H,1,7H2. The highest BCUT2D eigenvalue weighted by Gasteiger charge is 2.04. The molecule has 1 aromatic heterocycles. The number of nitrogens with one attached hydrogen (secondary N) is 1. The molecule has 1 atom stereocenters. The number of rotatable bonds is 3. The Morgan fingerprint density at radius 3 is 3.10 bits per heavy atom. The van der Waals surface area contributed by atoms with Gasteiger partial charge in [-0.2, -0.15) is 0 Å². The maximum absolute atomic E-state index is 5.23. The van der Waals surface area contributed by atoms with Crippen LogP contribution in [0.2, 0.25) is 0 Å². The zero-order chi connectivity index (χ0) is 7.40. The first-order valence-electron chi connectivity index (χ1n) is 2.85. The average molecular weight is 155 g/mol. The molecule has 0 saturated heterocycles. The van der Waals surface area contributed by atoms with E-state index in [1.807, 2.05) is 0 Å². The molecule has 0 bridgehead atoms. The lowest BCUT2D eigenvalue weighted by Crippen LogP contribution is -2.25. The smallest absolute Gasteiger partial charge is 0.0795 e. The maximum atomic E-state index is 5.23. The van der Waals surface area contributed by atoms with E-state index in [4.69, 9.17) is 5.84 Å². The van der Waals surface area contributed by atoms with Crippen molar-refractivity contribution in [1.82, 2.24) is 10.4 Å². The van der Waals surface area contributed by atoms with Crippen LogP contribution in [0.3, 0.4) is 0 Å². The second-order valence-corrected chi connectivity index (χ2v) is 2.70. The molecule has 0 aliphatic carbocycles. The lowest BCUT2D eigenvalue weighted by molar-refractivity contribution is 0.665. The normalized spacial score (nSPS) is 12.9. The number of hydrogen-bond acceptors (Lipinski definition) is 4. The molecule has 1 heterocycles. The third kappa shape index (κ3) is 1.41. The van der Waals surface area contributed by atoms with E-state index in [0.717, 1.165) is 4.88 Å². The summed E-state index contributed by atoms with van der Waals surface area (Å²) in [5.41, 5.74) is 4.37. The Kier molecular flexibility index (Phi) is 2.56. The van der Waals surface area contributed by atoms with E-state index >= 15 is 0 Å². The van der Waals surface area contributed by atoms with Gasteiger partial charge in [0.05, 0.1) is 11.6 Å². The molecule has 10 heavy (non-hydrogen) atoms. The van der Waals surface area contributed by atoms with Crippen LogP contribution in [0.15, 0.2) is 24.4 Å². The molecular weight excluding hydrogens is 146 g/mol. The molecule has 1 aromatic rings. The molecule has 0 spiro atoms. The first-order valence-corrected chi connectivity index (χ1v) is 3.73. The Labute approximate surface area is 63.6 Å². The number of nitrogens with two attached hydrogens (primary N) is 1. The minimum Gasteiger partial charge on any atom is -0.271 e. The van der Waals surface area contributed by atoms with Gasteiger partial charge in [0.25, 0.3) is 0 Å². The highest BCUT2D eigenvalue weighted by Crippen LogP contribution is 2.16. The molecule has 54 valence electrons. The molecule has 0 aliphatic rings. The van der Waals surface area contributed by atoms with Crippen molar-refractivity contribution in [3.05, 3.63) is 29.2 Å². The van der Waals surface area contributed by atoms with Crippen molar-refractivity contribution in [2.24, 2.45) is 5.84 Å². The molecule has 0 aromatic carbocycles. The van der Waals surface area contributed by atoms with Crippen LogP contribution in [0.5, 0.6) is 0 Å². The molecule has 0 radical (unpaired) electrons. The number of aromatic nitrogens is 1. The zero-order valence-electron chi connectivity index (χ0n) is 5.45. The fourth-order valence-corrected chi connectivity index (χ4v) is 1.32.